The average Bonchev–Trinajstić information content (AvgIpc) is 2.78. The van der Waals surface area contributed by atoms with E-state index in [4.69, 9.17) is 10.2 Å². The zero-order valence-corrected chi connectivity index (χ0v) is 13.7. The molecule has 0 aliphatic carbocycles. The van der Waals surface area contributed by atoms with Gasteiger partial charge in [0.2, 0.25) is 0 Å². The number of aromatic nitrogens is 2. The number of nitrogens with one attached hydrogen (secondary N) is 1. The topological polar surface area (TPSA) is 50.1 Å². The van der Waals surface area contributed by atoms with Gasteiger partial charge in [0.25, 0.3) is 0 Å². The zero-order valence-electron chi connectivity index (χ0n) is 12.8. The van der Waals surface area contributed by atoms with E-state index in [-0.39, 0.29) is 6.61 Å². The van der Waals surface area contributed by atoms with Crippen LogP contribution in [0.4, 0.5) is 0 Å². The second-order valence-electron chi connectivity index (χ2n) is 5.09. The van der Waals surface area contributed by atoms with Gasteiger partial charge in [0, 0.05) is 24.0 Å². The molecule has 1 heterocycles. The van der Waals surface area contributed by atoms with Gasteiger partial charge in [-0.3, -0.25) is 0 Å². The lowest BCUT2D eigenvalue weighted by Crippen LogP contribution is -2.09. The standard InChI is InChI=1S/C16H23N3OS/c1-12(9-10-20)21-16-15(11-17-3)13(2)18-19(16)14-7-5-4-6-8-14/h4-8,12,17,20H,9-11H2,1-3H3. The van der Waals surface area contributed by atoms with Gasteiger partial charge in [-0.05, 0) is 32.5 Å². The number of nitrogens with zero attached hydrogens (tertiary/aromatic N) is 2. The molecule has 0 fully saturated rings. The molecule has 21 heavy (non-hydrogen) atoms. The number of aliphatic hydroxyl groups excluding tert-OH is 1. The van der Waals surface area contributed by atoms with Gasteiger partial charge < -0.3 is 10.4 Å². The van der Waals surface area contributed by atoms with Crippen molar-refractivity contribution in [2.45, 2.75) is 37.1 Å². The third-order valence-electron chi connectivity index (χ3n) is 3.34. The molecular weight excluding hydrogens is 282 g/mol. The Balaban J connectivity index is 2.42. The van der Waals surface area contributed by atoms with Crippen LogP contribution >= 0.6 is 11.8 Å². The van der Waals surface area contributed by atoms with Crippen LogP contribution in [-0.4, -0.2) is 33.8 Å². The fraction of sp³-hybridized carbons (Fsp3) is 0.438. The van der Waals surface area contributed by atoms with Crippen molar-refractivity contribution < 1.29 is 5.11 Å². The van der Waals surface area contributed by atoms with E-state index in [1.54, 1.807) is 11.8 Å². The van der Waals surface area contributed by atoms with Gasteiger partial charge in [0.05, 0.1) is 11.4 Å². The van der Waals surface area contributed by atoms with Crippen molar-refractivity contribution in [3.8, 4) is 5.69 Å². The molecule has 0 saturated heterocycles. The maximum absolute atomic E-state index is 9.13. The van der Waals surface area contributed by atoms with Crippen molar-refractivity contribution in [3.05, 3.63) is 41.6 Å². The minimum Gasteiger partial charge on any atom is -0.396 e. The Labute approximate surface area is 130 Å². The fourth-order valence-electron chi connectivity index (χ4n) is 2.22. The van der Waals surface area contributed by atoms with Gasteiger partial charge in [-0.25, -0.2) is 4.68 Å². The molecule has 1 unspecified atom stereocenters. The van der Waals surface area contributed by atoms with Crippen LogP contribution in [0.3, 0.4) is 0 Å². The monoisotopic (exact) mass is 305 g/mol. The number of para-hydroxylation sites is 1. The minimum absolute atomic E-state index is 0.216. The van der Waals surface area contributed by atoms with E-state index in [1.165, 1.54) is 5.56 Å². The van der Waals surface area contributed by atoms with E-state index in [1.807, 2.05) is 36.9 Å². The molecule has 2 aromatic rings. The summed E-state index contributed by atoms with van der Waals surface area (Å²) in [5.41, 5.74) is 3.35. The van der Waals surface area contributed by atoms with Crippen molar-refractivity contribution in [1.82, 2.24) is 15.1 Å². The van der Waals surface area contributed by atoms with Gasteiger partial charge >= 0.3 is 0 Å². The van der Waals surface area contributed by atoms with Gasteiger partial charge in [0.1, 0.15) is 5.03 Å². The first kappa shape index (κ1) is 16.1. The Hall–Kier alpha value is -1.30. The number of hydrogen-bond acceptors (Lipinski definition) is 4. The van der Waals surface area contributed by atoms with Crippen LogP contribution in [0.5, 0.6) is 0 Å². The summed E-state index contributed by atoms with van der Waals surface area (Å²) in [5.74, 6) is 0. The van der Waals surface area contributed by atoms with Crippen LogP contribution in [0, 0.1) is 6.92 Å². The maximum atomic E-state index is 9.13. The SMILES string of the molecule is CNCc1c(C)nn(-c2ccccc2)c1SC(C)CCO. The fourth-order valence-corrected chi connectivity index (χ4v) is 3.43. The lowest BCUT2D eigenvalue weighted by Gasteiger charge is -2.13. The van der Waals surface area contributed by atoms with E-state index >= 15 is 0 Å². The molecule has 4 nitrogen and oxygen atoms in total. The summed E-state index contributed by atoms with van der Waals surface area (Å²) >= 11 is 1.78. The third-order valence-corrected chi connectivity index (χ3v) is 4.62. The largest absolute Gasteiger partial charge is 0.396 e. The Morgan fingerprint density at radius 1 is 1.33 bits per heavy atom. The molecule has 0 saturated carbocycles. The molecule has 2 N–H and O–H groups in total. The van der Waals surface area contributed by atoms with Gasteiger partial charge in [-0.15, -0.1) is 11.8 Å². The van der Waals surface area contributed by atoms with Crippen LogP contribution in [0.25, 0.3) is 5.69 Å². The summed E-state index contributed by atoms with van der Waals surface area (Å²) in [7, 11) is 1.95. The number of aryl methyl sites for hydroxylation is 1. The molecule has 5 heteroatoms. The highest BCUT2D eigenvalue weighted by Crippen LogP contribution is 2.32. The highest BCUT2D eigenvalue weighted by molar-refractivity contribution is 7.99. The number of rotatable bonds is 7. The average molecular weight is 305 g/mol. The van der Waals surface area contributed by atoms with E-state index in [9.17, 15) is 0 Å². The zero-order chi connectivity index (χ0) is 15.2. The molecule has 1 aromatic carbocycles. The number of thioether (sulfide) groups is 1. The number of hydrogen-bond donors (Lipinski definition) is 2. The Morgan fingerprint density at radius 3 is 2.67 bits per heavy atom. The second-order valence-corrected chi connectivity index (χ2v) is 6.51. The molecule has 0 radical (unpaired) electrons. The first-order chi connectivity index (χ1) is 10.2. The summed E-state index contributed by atoms with van der Waals surface area (Å²) in [6.07, 6.45) is 0.780. The molecule has 0 bridgehead atoms. The molecule has 0 aliphatic heterocycles. The van der Waals surface area contributed by atoms with Crippen molar-refractivity contribution >= 4 is 11.8 Å². The molecular formula is C16H23N3OS. The van der Waals surface area contributed by atoms with E-state index in [0.29, 0.717) is 5.25 Å². The predicted octanol–water partition coefficient (Wildman–Crippen LogP) is 2.76. The van der Waals surface area contributed by atoms with Gasteiger partial charge in [-0.1, -0.05) is 25.1 Å². The first-order valence-corrected chi connectivity index (χ1v) is 8.11. The summed E-state index contributed by atoms with van der Waals surface area (Å²) < 4.78 is 2.01. The molecule has 2 rings (SSSR count). The summed E-state index contributed by atoms with van der Waals surface area (Å²) in [5, 5.41) is 18.6. The van der Waals surface area contributed by atoms with Crippen molar-refractivity contribution in [2.24, 2.45) is 0 Å². The lowest BCUT2D eigenvalue weighted by atomic mass is 10.2. The van der Waals surface area contributed by atoms with Crippen LogP contribution in [0.1, 0.15) is 24.6 Å². The predicted molar refractivity (Wildman–Crippen MR) is 88.1 cm³/mol. The first-order valence-electron chi connectivity index (χ1n) is 7.23. The van der Waals surface area contributed by atoms with Crippen molar-refractivity contribution in [3.63, 3.8) is 0 Å². The van der Waals surface area contributed by atoms with Crippen LogP contribution < -0.4 is 5.32 Å². The lowest BCUT2D eigenvalue weighted by molar-refractivity contribution is 0.289. The molecule has 1 atom stereocenters. The smallest absolute Gasteiger partial charge is 0.105 e. The van der Waals surface area contributed by atoms with E-state index < -0.39 is 0 Å². The van der Waals surface area contributed by atoms with Gasteiger partial charge in [-0.2, -0.15) is 5.10 Å². The van der Waals surface area contributed by atoms with E-state index in [0.717, 1.165) is 29.4 Å². The Morgan fingerprint density at radius 2 is 2.05 bits per heavy atom. The summed E-state index contributed by atoms with van der Waals surface area (Å²) in [4.78, 5) is 0. The summed E-state index contributed by atoms with van der Waals surface area (Å²) in [6.45, 7) is 5.20. The third kappa shape index (κ3) is 3.87. The normalized spacial score (nSPS) is 12.6. The van der Waals surface area contributed by atoms with Crippen LogP contribution in [-0.2, 0) is 6.54 Å². The highest BCUT2D eigenvalue weighted by atomic mass is 32.2. The minimum atomic E-state index is 0.216. The molecule has 0 spiro atoms. The van der Waals surface area contributed by atoms with Crippen molar-refractivity contribution in [2.75, 3.05) is 13.7 Å². The summed E-state index contributed by atoms with van der Waals surface area (Å²) in [6, 6.07) is 10.2. The molecule has 0 amide bonds. The molecule has 114 valence electrons. The highest BCUT2D eigenvalue weighted by Gasteiger charge is 2.18. The molecule has 1 aromatic heterocycles. The van der Waals surface area contributed by atoms with Gasteiger partial charge in [0.15, 0.2) is 0 Å². The Bertz CT molecular complexity index is 568. The molecule has 0 aliphatic rings. The second kappa shape index (κ2) is 7.64. The number of aliphatic hydroxyl groups is 1. The Kier molecular flexibility index (Phi) is 5.85. The van der Waals surface area contributed by atoms with E-state index in [2.05, 4.69) is 24.4 Å². The maximum Gasteiger partial charge on any atom is 0.105 e. The van der Waals surface area contributed by atoms with Crippen LogP contribution in [0.2, 0.25) is 0 Å². The van der Waals surface area contributed by atoms with Crippen molar-refractivity contribution in [1.29, 1.82) is 0 Å². The number of benzene rings is 1. The quantitative estimate of drug-likeness (QED) is 0.772. The van der Waals surface area contributed by atoms with Crippen LogP contribution in [0.15, 0.2) is 35.4 Å².